The van der Waals surface area contributed by atoms with E-state index in [1.807, 2.05) is 0 Å². The average Bonchev–Trinajstić information content (AvgIpc) is 2.80. The molecule has 0 fully saturated rings. The maximum Gasteiger partial charge on any atom is 0.145 e. The van der Waals surface area contributed by atoms with Gasteiger partial charge in [0.1, 0.15) is 33.7 Å². The predicted octanol–water partition coefficient (Wildman–Crippen LogP) is 2.77. The van der Waals surface area contributed by atoms with Crippen molar-refractivity contribution >= 4 is 12.6 Å². The SMILES string of the molecule is Oc1ccc(-n2nnc(S)c2-c2cccc(F)c2)c(O)c1. The molecule has 0 saturated heterocycles. The number of benzene rings is 2. The number of aromatic hydroxyl groups is 2. The van der Waals surface area contributed by atoms with Gasteiger partial charge in [0.05, 0.1) is 0 Å². The minimum Gasteiger partial charge on any atom is -0.508 e. The third kappa shape index (κ3) is 2.43. The van der Waals surface area contributed by atoms with Crippen molar-refractivity contribution in [3.05, 3.63) is 48.3 Å². The molecule has 0 aliphatic heterocycles. The first kappa shape index (κ1) is 13.4. The molecule has 106 valence electrons. The fourth-order valence-electron chi connectivity index (χ4n) is 2.02. The number of halogens is 1. The second-order valence-corrected chi connectivity index (χ2v) is 4.78. The maximum atomic E-state index is 13.4. The molecular formula is C14H10FN3O2S. The van der Waals surface area contributed by atoms with Gasteiger partial charge in [0.15, 0.2) is 0 Å². The van der Waals surface area contributed by atoms with Crippen LogP contribution in [0, 0.1) is 5.82 Å². The summed E-state index contributed by atoms with van der Waals surface area (Å²) in [5.74, 6) is -0.649. The van der Waals surface area contributed by atoms with Crippen molar-refractivity contribution in [2.75, 3.05) is 0 Å². The molecule has 3 rings (SSSR count). The molecule has 2 aromatic carbocycles. The monoisotopic (exact) mass is 303 g/mol. The minimum atomic E-state index is -0.400. The normalized spacial score (nSPS) is 10.8. The third-order valence-corrected chi connectivity index (χ3v) is 3.24. The molecule has 0 aliphatic rings. The molecule has 0 spiro atoms. The minimum absolute atomic E-state index is 0.0743. The third-order valence-electron chi connectivity index (χ3n) is 2.94. The van der Waals surface area contributed by atoms with Gasteiger partial charge in [-0.05, 0) is 24.3 Å². The van der Waals surface area contributed by atoms with Gasteiger partial charge < -0.3 is 10.2 Å². The Hall–Kier alpha value is -2.54. The summed E-state index contributed by atoms with van der Waals surface area (Å²) in [7, 11) is 0. The molecular weight excluding hydrogens is 293 g/mol. The molecule has 7 heteroatoms. The van der Waals surface area contributed by atoms with E-state index in [0.29, 0.717) is 22.0 Å². The predicted molar refractivity (Wildman–Crippen MR) is 77.3 cm³/mol. The molecule has 0 atom stereocenters. The number of phenols is 2. The van der Waals surface area contributed by atoms with Crippen LogP contribution in [-0.2, 0) is 0 Å². The van der Waals surface area contributed by atoms with Crippen LogP contribution in [-0.4, -0.2) is 25.2 Å². The number of hydrogen-bond donors (Lipinski definition) is 3. The Morgan fingerprint density at radius 1 is 1.10 bits per heavy atom. The first-order chi connectivity index (χ1) is 10.1. The van der Waals surface area contributed by atoms with E-state index in [9.17, 15) is 14.6 Å². The first-order valence-electron chi connectivity index (χ1n) is 5.99. The maximum absolute atomic E-state index is 13.4. The zero-order valence-corrected chi connectivity index (χ0v) is 11.5. The van der Waals surface area contributed by atoms with Gasteiger partial charge in [-0.3, -0.25) is 0 Å². The Kier molecular flexibility index (Phi) is 3.26. The van der Waals surface area contributed by atoms with Crippen LogP contribution in [0.15, 0.2) is 47.5 Å². The number of hydrogen-bond acceptors (Lipinski definition) is 5. The summed E-state index contributed by atoms with van der Waals surface area (Å²) in [4.78, 5) is 0. The molecule has 0 saturated carbocycles. The molecule has 1 heterocycles. The zero-order valence-electron chi connectivity index (χ0n) is 10.6. The summed E-state index contributed by atoms with van der Waals surface area (Å²) in [5.41, 5.74) is 1.27. The standard InChI is InChI=1S/C14H10FN3O2S/c15-9-3-1-2-8(6-9)13-14(21)16-17-18(13)11-5-4-10(19)7-12(11)20/h1-7,19-21H. The average molecular weight is 303 g/mol. The molecule has 2 N–H and O–H groups in total. The number of phenolic OH excluding ortho intramolecular Hbond substituents is 2. The summed E-state index contributed by atoms with van der Waals surface area (Å²) in [6.45, 7) is 0. The fraction of sp³-hybridized carbons (Fsp3) is 0. The molecule has 0 radical (unpaired) electrons. The lowest BCUT2D eigenvalue weighted by molar-refractivity contribution is 0.447. The Morgan fingerprint density at radius 3 is 2.62 bits per heavy atom. The van der Waals surface area contributed by atoms with Crippen LogP contribution in [0.5, 0.6) is 11.5 Å². The van der Waals surface area contributed by atoms with E-state index in [2.05, 4.69) is 22.9 Å². The van der Waals surface area contributed by atoms with Gasteiger partial charge in [0, 0.05) is 11.6 Å². The van der Waals surface area contributed by atoms with Gasteiger partial charge in [-0.25, -0.2) is 9.07 Å². The fourth-order valence-corrected chi connectivity index (χ4v) is 2.28. The van der Waals surface area contributed by atoms with Crippen LogP contribution in [0.1, 0.15) is 0 Å². The molecule has 0 amide bonds. The highest BCUT2D eigenvalue weighted by molar-refractivity contribution is 7.80. The van der Waals surface area contributed by atoms with Crippen LogP contribution in [0.25, 0.3) is 16.9 Å². The Balaban J connectivity index is 2.22. The summed E-state index contributed by atoms with van der Waals surface area (Å²) in [6, 6.07) is 9.98. The number of aromatic nitrogens is 3. The van der Waals surface area contributed by atoms with Crippen LogP contribution >= 0.6 is 12.6 Å². The van der Waals surface area contributed by atoms with Crippen molar-refractivity contribution in [1.29, 1.82) is 0 Å². The summed E-state index contributed by atoms with van der Waals surface area (Å²) >= 11 is 4.22. The highest BCUT2D eigenvalue weighted by atomic mass is 32.1. The van der Waals surface area contributed by atoms with Crippen molar-refractivity contribution in [3.8, 4) is 28.4 Å². The number of thiol groups is 1. The van der Waals surface area contributed by atoms with Crippen molar-refractivity contribution in [2.45, 2.75) is 5.03 Å². The van der Waals surface area contributed by atoms with E-state index in [-0.39, 0.29) is 11.5 Å². The second kappa shape index (κ2) is 5.10. The zero-order chi connectivity index (χ0) is 15.0. The number of nitrogens with zero attached hydrogens (tertiary/aromatic N) is 3. The van der Waals surface area contributed by atoms with Gasteiger partial charge in [-0.2, -0.15) is 0 Å². The van der Waals surface area contributed by atoms with E-state index in [4.69, 9.17) is 0 Å². The van der Waals surface area contributed by atoms with Crippen LogP contribution in [0.4, 0.5) is 4.39 Å². The van der Waals surface area contributed by atoms with Crippen molar-refractivity contribution in [1.82, 2.24) is 15.0 Å². The van der Waals surface area contributed by atoms with Gasteiger partial charge in [0.2, 0.25) is 0 Å². The lowest BCUT2D eigenvalue weighted by Gasteiger charge is -2.09. The van der Waals surface area contributed by atoms with Gasteiger partial charge in [0.25, 0.3) is 0 Å². The second-order valence-electron chi connectivity index (χ2n) is 4.36. The van der Waals surface area contributed by atoms with E-state index in [1.165, 1.54) is 35.0 Å². The summed E-state index contributed by atoms with van der Waals surface area (Å²) in [5, 5.41) is 27.3. The Bertz CT molecular complexity index is 820. The van der Waals surface area contributed by atoms with E-state index >= 15 is 0 Å². The van der Waals surface area contributed by atoms with Crippen molar-refractivity contribution in [2.24, 2.45) is 0 Å². The highest BCUT2D eigenvalue weighted by Gasteiger charge is 2.17. The molecule has 3 aromatic rings. The van der Waals surface area contributed by atoms with E-state index < -0.39 is 5.82 Å². The van der Waals surface area contributed by atoms with Crippen molar-refractivity contribution in [3.63, 3.8) is 0 Å². The quantitative estimate of drug-likeness (QED) is 0.637. The van der Waals surface area contributed by atoms with E-state index in [1.54, 1.807) is 12.1 Å². The Morgan fingerprint density at radius 2 is 1.90 bits per heavy atom. The van der Waals surface area contributed by atoms with Crippen molar-refractivity contribution < 1.29 is 14.6 Å². The topological polar surface area (TPSA) is 71.2 Å². The molecule has 0 unspecified atom stereocenters. The van der Waals surface area contributed by atoms with Crippen LogP contribution in [0.2, 0.25) is 0 Å². The molecule has 0 bridgehead atoms. The lowest BCUT2D eigenvalue weighted by atomic mass is 10.1. The molecule has 5 nitrogen and oxygen atoms in total. The van der Waals surface area contributed by atoms with Gasteiger partial charge in [-0.1, -0.05) is 17.3 Å². The van der Waals surface area contributed by atoms with Crippen LogP contribution in [0.3, 0.4) is 0 Å². The molecule has 1 aromatic heterocycles. The van der Waals surface area contributed by atoms with Gasteiger partial charge in [-0.15, -0.1) is 17.7 Å². The lowest BCUT2D eigenvalue weighted by Crippen LogP contribution is -2.00. The molecule has 21 heavy (non-hydrogen) atoms. The smallest absolute Gasteiger partial charge is 0.145 e. The molecule has 0 aliphatic carbocycles. The summed E-state index contributed by atoms with van der Waals surface area (Å²) in [6.07, 6.45) is 0. The van der Waals surface area contributed by atoms with Gasteiger partial charge >= 0.3 is 0 Å². The Labute approximate surface area is 124 Å². The first-order valence-corrected chi connectivity index (χ1v) is 6.44. The van der Waals surface area contributed by atoms with Crippen LogP contribution < -0.4 is 0 Å². The largest absolute Gasteiger partial charge is 0.508 e. The summed E-state index contributed by atoms with van der Waals surface area (Å²) < 4.78 is 14.7. The highest BCUT2D eigenvalue weighted by Crippen LogP contribution is 2.32. The number of rotatable bonds is 2. The van der Waals surface area contributed by atoms with E-state index in [0.717, 1.165) is 0 Å².